The number of carbonyl (C=O) groups excluding carboxylic acids is 1. The van der Waals surface area contributed by atoms with Crippen LogP contribution in [-0.4, -0.2) is 51.0 Å². The molecule has 2 aliphatic rings. The zero-order chi connectivity index (χ0) is 23.2. The van der Waals surface area contributed by atoms with Crippen molar-refractivity contribution in [3.63, 3.8) is 0 Å². The number of pyridine rings is 1. The Morgan fingerprint density at radius 3 is 2.52 bits per heavy atom. The zero-order valence-corrected chi connectivity index (χ0v) is 18.6. The van der Waals surface area contributed by atoms with Crippen LogP contribution in [0.25, 0.3) is 22.0 Å². The number of imidazole rings is 1. The first-order valence-electron chi connectivity index (χ1n) is 11.4. The topological polar surface area (TPSA) is 51.0 Å². The summed E-state index contributed by atoms with van der Waals surface area (Å²) in [6, 6.07) is 8.08. The second kappa shape index (κ2) is 8.24. The molecule has 0 N–H and O–H groups in total. The van der Waals surface area contributed by atoms with Crippen LogP contribution in [-0.2, 0) is 18.3 Å². The van der Waals surface area contributed by atoms with E-state index in [1.54, 1.807) is 12.5 Å². The molecule has 1 saturated heterocycles. The second-order valence-corrected chi connectivity index (χ2v) is 9.60. The number of benzene rings is 1. The average Bonchev–Trinajstić information content (AvgIpc) is 3.46. The first-order chi connectivity index (χ1) is 15.7. The van der Waals surface area contributed by atoms with Gasteiger partial charge in [-0.2, -0.15) is 13.2 Å². The van der Waals surface area contributed by atoms with Crippen LogP contribution >= 0.6 is 0 Å². The van der Waals surface area contributed by atoms with Crippen LogP contribution in [0.1, 0.15) is 31.4 Å². The number of hydrogen-bond donors (Lipinski definition) is 0. The number of carbonyl (C=O) groups is 1. The summed E-state index contributed by atoms with van der Waals surface area (Å²) in [6.07, 6.45) is 3.18. The fourth-order valence-electron chi connectivity index (χ4n) is 4.92. The van der Waals surface area contributed by atoms with E-state index in [1.807, 2.05) is 40.9 Å². The molecule has 2 fully saturated rings. The van der Waals surface area contributed by atoms with Gasteiger partial charge in [0.1, 0.15) is 5.78 Å². The van der Waals surface area contributed by atoms with Gasteiger partial charge in [-0.1, -0.05) is 12.1 Å². The summed E-state index contributed by atoms with van der Waals surface area (Å²) < 4.78 is 41.7. The summed E-state index contributed by atoms with van der Waals surface area (Å²) in [4.78, 5) is 23.5. The highest BCUT2D eigenvalue weighted by Gasteiger charge is 2.63. The quantitative estimate of drug-likeness (QED) is 0.535. The van der Waals surface area contributed by atoms with E-state index in [-0.39, 0.29) is 37.5 Å². The van der Waals surface area contributed by atoms with Crippen molar-refractivity contribution in [2.24, 2.45) is 18.4 Å². The number of hydrogen-bond acceptors (Lipinski definition) is 4. The van der Waals surface area contributed by atoms with Crippen LogP contribution < -0.4 is 0 Å². The van der Waals surface area contributed by atoms with Crippen LogP contribution in [0.15, 0.2) is 43.0 Å². The third-order valence-electron chi connectivity index (χ3n) is 7.27. The molecule has 33 heavy (non-hydrogen) atoms. The predicted molar refractivity (Wildman–Crippen MR) is 120 cm³/mol. The highest BCUT2D eigenvalue weighted by molar-refractivity contribution is 5.88. The smallest absolute Gasteiger partial charge is 0.334 e. The molecule has 5 nitrogen and oxygen atoms in total. The predicted octanol–water partition coefficient (Wildman–Crippen LogP) is 4.80. The third kappa shape index (κ3) is 4.40. The summed E-state index contributed by atoms with van der Waals surface area (Å²) in [7, 11) is 1.95. The van der Waals surface area contributed by atoms with Crippen LogP contribution in [0.5, 0.6) is 0 Å². The number of aromatic nitrogens is 3. The Morgan fingerprint density at radius 2 is 1.88 bits per heavy atom. The Bertz CT molecular complexity index is 1170. The van der Waals surface area contributed by atoms with Gasteiger partial charge in [0.2, 0.25) is 0 Å². The molecule has 0 spiro atoms. The SMILES string of the molecule is Cn1cncc1-c1ccc2cnc(CC(=O)C3CCN(CC4(C(F)(F)F)CC4)CC3)cc2c1. The number of halogens is 3. The van der Waals surface area contributed by atoms with Crippen molar-refractivity contribution in [1.29, 1.82) is 0 Å². The molecule has 0 radical (unpaired) electrons. The summed E-state index contributed by atoms with van der Waals surface area (Å²) in [5.41, 5.74) is 1.28. The number of fused-ring (bicyclic) bond motifs is 1. The van der Waals surface area contributed by atoms with Crippen LogP contribution in [0, 0.1) is 11.3 Å². The molecule has 0 bridgehead atoms. The maximum absolute atomic E-state index is 13.2. The van der Waals surface area contributed by atoms with Gasteiger partial charge in [0, 0.05) is 48.8 Å². The molecule has 8 heteroatoms. The Balaban J connectivity index is 1.22. The molecule has 1 saturated carbocycles. The van der Waals surface area contributed by atoms with Crippen molar-refractivity contribution in [1.82, 2.24) is 19.4 Å². The Morgan fingerprint density at radius 1 is 1.12 bits per heavy atom. The molecule has 3 heterocycles. The minimum atomic E-state index is -4.13. The number of nitrogens with zero attached hydrogens (tertiary/aromatic N) is 4. The lowest BCUT2D eigenvalue weighted by Gasteiger charge is -2.34. The minimum absolute atomic E-state index is 0.0721. The maximum atomic E-state index is 13.2. The zero-order valence-electron chi connectivity index (χ0n) is 18.6. The third-order valence-corrected chi connectivity index (χ3v) is 7.27. The van der Waals surface area contributed by atoms with E-state index < -0.39 is 11.6 Å². The van der Waals surface area contributed by atoms with Crippen molar-refractivity contribution in [3.05, 3.63) is 48.7 Å². The standard InChI is InChI=1S/C25H27F3N4O/c1-31-16-29-14-22(31)18-2-3-19-13-30-21(11-20(19)10-18)12-23(33)17-4-8-32(9-5-17)15-24(6-7-24)25(26,27)28/h2-3,10-11,13-14,16-17H,4-9,12,15H2,1H3. The first-order valence-corrected chi connectivity index (χ1v) is 11.4. The van der Waals surface area contributed by atoms with E-state index in [2.05, 4.69) is 16.0 Å². The van der Waals surface area contributed by atoms with Gasteiger partial charge in [-0.05, 0) is 56.3 Å². The number of aryl methyl sites for hydroxylation is 1. The van der Waals surface area contributed by atoms with Crippen LogP contribution in [0.4, 0.5) is 13.2 Å². The number of piperidine rings is 1. The first kappa shape index (κ1) is 22.1. The van der Waals surface area contributed by atoms with Gasteiger partial charge < -0.3 is 9.47 Å². The highest BCUT2D eigenvalue weighted by atomic mass is 19.4. The van der Waals surface area contributed by atoms with E-state index in [0.717, 1.165) is 27.7 Å². The lowest BCUT2D eigenvalue weighted by atomic mass is 9.89. The lowest BCUT2D eigenvalue weighted by molar-refractivity contribution is -0.192. The van der Waals surface area contributed by atoms with Gasteiger partial charge in [0.25, 0.3) is 0 Å². The monoisotopic (exact) mass is 456 g/mol. The fourth-order valence-corrected chi connectivity index (χ4v) is 4.92. The number of rotatable bonds is 6. The van der Waals surface area contributed by atoms with E-state index in [4.69, 9.17) is 0 Å². The van der Waals surface area contributed by atoms with E-state index in [1.165, 1.54) is 0 Å². The lowest BCUT2D eigenvalue weighted by Crippen LogP contribution is -2.43. The van der Waals surface area contributed by atoms with Gasteiger partial charge in [0.05, 0.1) is 23.6 Å². The number of likely N-dealkylation sites (tertiary alicyclic amines) is 1. The Labute approximate surface area is 190 Å². The summed E-state index contributed by atoms with van der Waals surface area (Å²) >= 11 is 0. The molecule has 3 aromatic rings. The number of Topliss-reactive ketones (excluding diaryl/α,β-unsaturated/α-hetero) is 1. The molecule has 174 valence electrons. The Hall–Kier alpha value is -2.74. The van der Waals surface area contributed by atoms with Crippen molar-refractivity contribution in [2.45, 2.75) is 38.3 Å². The van der Waals surface area contributed by atoms with Gasteiger partial charge in [0.15, 0.2) is 0 Å². The molecule has 0 amide bonds. The second-order valence-electron chi connectivity index (χ2n) is 9.60. The molecule has 1 aromatic carbocycles. The van der Waals surface area contributed by atoms with Crippen molar-refractivity contribution >= 4 is 16.6 Å². The molecular weight excluding hydrogens is 429 g/mol. The highest BCUT2D eigenvalue weighted by Crippen LogP contribution is 2.58. The van der Waals surface area contributed by atoms with Gasteiger partial charge in [-0.15, -0.1) is 0 Å². The van der Waals surface area contributed by atoms with Crippen molar-refractivity contribution in [2.75, 3.05) is 19.6 Å². The number of ketones is 1. The number of alkyl halides is 3. The minimum Gasteiger partial charge on any atom is -0.334 e. The van der Waals surface area contributed by atoms with E-state index in [0.29, 0.717) is 25.9 Å². The molecule has 5 rings (SSSR count). The largest absolute Gasteiger partial charge is 0.395 e. The van der Waals surface area contributed by atoms with Gasteiger partial charge in [-0.25, -0.2) is 4.98 Å². The maximum Gasteiger partial charge on any atom is 0.395 e. The van der Waals surface area contributed by atoms with Gasteiger partial charge in [-0.3, -0.25) is 9.78 Å². The molecule has 1 aliphatic heterocycles. The molecule has 0 unspecified atom stereocenters. The van der Waals surface area contributed by atoms with Crippen LogP contribution in [0.3, 0.4) is 0 Å². The molecule has 1 aliphatic carbocycles. The average molecular weight is 457 g/mol. The Kier molecular flexibility index (Phi) is 5.51. The van der Waals surface area contributed by atoms with Crippen molar-refractivity contribution in [3.8, 4) is 11.3 Å². The summed E-state index contributed by atoms with van der Waals surface area (Å²) in [5, 5.41) is 2.02. The van der Waals surface area contributed by atoms with E-state index in [9.17, 15) is 18.0 Å². The molecule has 2 aromatic heterocycles. The summed E-state index contributed by atoms with van der Waals surface area (Å²) in [5.74, 6) is 0.0156. The fraction of sp³-hybridized carbons (Fsp3) is 0.480. The van der Waals surface area contributed by atoms with Crippen LogP contribution in [0.2, 0.25) is 0 Å². The van der Waals surface area contributed by atoms with Gasteiger partial charge >= 0.3 is 6.18 Å². The van der Waals surface area contributed by atoms with E-state index >= 15 is 0 Å². The van der Waals surface area contributed by atoms with Crippen molar-refractivity contribution < 1.29 is 18.0 Å². The molecular formula is C25H27F3N4O. The normalized spacial score (nSPS) is 19.2. The summed E-state index contributed by atoms with van der Waals surface area (Å²) in [6.45, 7) is 1.17. The molecule has 0 atom stereocenters.